The molecular weight excluding hydrogens is 420 g/mol. The number of thiazole rings is 1. The Kier molecular flexibility index (Phi) is 5.54. The zero-order valence-electron chi connectivity index (χ0n) is 16.2. The Labute approximate surface area is 182 Å². The summed E-state index contributed by atoms with van der Waals surface area (Å²) in [7, 11) is 0. The number of benzene rings is 1. The van der Waals surface area contributed by atoms with E-state index in [4.69, 9.17) is 9.47 Å². The minimum atomic E-state index is -0.0798. The van der Waals surface area contributed by atoms with Crippen LogP contribution in [-0.4, -0.2) is 40.1 Å². The second-order valence-corrected chi connectivity index (χ2v) is 9.13. The summed E-state index contributed by atoms with van der Waals surface area (Å²) in [5.74, 6) is 1.66. The van der Waals surface area contributed by atoms with Crippen LogP contribution in [0.25, 0.3) is 11.3 Å². The number of hydrogen-bond donors (Lipinski definition) is 1. The molecule has 0 spiro atoms. The molecule has 1 amide bonds. The van der Waals surface area contributed by atoms with E-state index in [1.807, 2.05) is 30.3 Å². The van der Waals surface area contributed by atoms with E-state index in [0.717, 1.165) is 41.3 Å². The summed E-state index contributed by atoms with van der Waals surface area (Å²) in [5.41, 5.74) is 2.80. The lowest BCUT2D eigenvalue weighted by Gasteiger charge is -2.18. The lowest BCUT2D eigenvalue weighted by atomic mass is 10.0. The van der Waals surface area contributed by atoms with Gasteiger partial charge in [0.1, 0.15) is 18.2 Å². The summed E-state index contributed by atoms with van der Waals surface area (Å²) in [6, 6.07) is 9.50. The summed E-state index contributed by atoms with van der Waals surface area (Å²) in [6.45, 7) is 1.11. The zero-order valence-corrected chi connectivity index (χ0v) is 17.9. The molecule has 0 bridgehead atoms. The van der Waals surface area contributed by atoms with Crippen molar-refractivity contribution in [3.63, 3.8) is 0 Å². The van der Waals surface area contributed by atoms with Crippen LogP contribution in [0.3, 0.4) is 0 Å². The minimum absolute atomic E-state index is 0.0798. The molecule has 0 fully saturated rings. The third-order valence-corrected chi connectivity index (χ3v) is 6.91. The Hall–Kier alpha value is -2.65. The number of carbonyl (C=O) groups excluding carboxylic acids is 1. The van der Waals surface area contributed by atoms with Crippen LogP contribution >= 0.6 is 23.1 Å². The van der Waals surface area contributed by atoms with Gasteiger partial charge in [0, 0.05) is 10.4 Å². The van der Waals surface area contributed by atoms with Crippen LogP contribution in [0.1, 0.15) is 23.4 Å². The lowest BCUT2D eigenvalue weighted by molar-refractivity contribution is -0.113. The van der Waals surface area contributed by atoms with Gasteiger partial charge in [-0.25, -0.2) is 4.98 Å². The molecule has 30 heavy (non-hydrogen) atoms. The largest absolute Gasteiger partial charge is 0.486 e. The molecule has 3 aromatic rings. The SMILES string of the molecule is O=C(CSc1ccc(-c2ccc3c(c2)OCCO3)nn1)Nc1nc2c(s1)CCCC2. The van der Waals surface area contributed by atoms with Crippen LogP contribution < -0.4 is 14.8 Å². The number of rotatable bonds is 5. The number of amides is 1. The number of aromatic nitrogens is 3. The maximum absolute atomic E-state index is 12.3. The van der Waals surface area contributed by atoms with Gasteiger partial charge in [0.25, 0.3) is 0 Å². The second-order valence-electron chi connectivity index (χ2n) is 7.05. The highest BCUT2D eigenvalue weighted by Crippen LogP contribution is 2.34. The quantitative estimate of drug-likeness (QED) is 0.601. The fourth-order valence-corrected chi connectivity index (χ4v) is 5.13. The van der Waals surface area contributed by atoms with Gasteiger partial charge in [0.2, 0.25) is 5.91 Å². The molecule has 1 aliphatic heterocycles. The number of fused-ring (bicyclic) bond motifs is 2. The maximum atomic E-state index is 12.3. The normalized spacial score (nSPS) is 14.8. The molecule has 2 aromatic heterocycles. The van der Waals surface area contributed by atoms with E-state index in [9.17, 15) is 4.79 Å². The molecule has 9 heteroatoms. The van der Waals surface area contributed by atoms with Gasteiger partial charge in [0.15, 0.2) is 16.6 Å². The Morgan fingerprint density at radius 1 is 1.07 bits per heavy atom. The number of ether oxygens (including phenoxy) is 2. The first kappa shape index (κ1) is 19.3. The van der Waals surface area contributed by atoms with E-state index in [2.05, 4.69) is 20.5 Å². The topological polar surface area (TPSA) is 86.2 Å². The molecule has 0 saturated carbocycles. The van der Waals surface area contributed by atoms with Crippen LogP contribution in [0, 0.1) is 0 Å². The van der Waals surface area contributed by atoms with E-state index in [0.29, 0.717) is 23.4 Å². The van der Waals surface area contributed by atoms with Gasteiger partial charge in [-0.1, -0.05) is 11.8 Å². The molecule has 0 atom stereocenters. The molecule has 5 rings (SSSR count). The first-order valence-electron chi connectivity index (χ1n) is 9.89. The van der Waals surface area contributed by atoms with E-state index in [-0.39, 0.29) is 11.7 Å². The van der Waals surface area contributed by atoms with Gasteiger partial charge in [-0.05, 0) is 56.0 Å². The van der Waals surface area contributed by atoms with Crippen LogP contribution in [0.4, 0.5) is 5.13 Å². The fourth-order valence-electron chi connectivity index (χ4n) is 3.45. The van der Waals surface area contributed by atoms with Crippen LogP contribution in [0.2, 0.25) is 0 Å². The number of carbonyl (C=O) groups is 1. The Balaban J connectivity index is 1.18. The van der Waals surface area contributed by atoms with Crippen molar-refractivity contribution in [2.75, 3.05) is 24.3 Å². The van der Waals surface area contributed by atoms with Crippen molar-refractivity contribution in [3.8, 4) is 22.8 Å². The standard InChI is InChI=1S/C21H20N4O3S2/c26-19(23-21-22-15-3-1-2-4-18(15)30-21)12-29-20-8-6-14(24-25-20)13-5-7-16-17(11-13)28-10-9-27-16/h5-8,11H,1-4,9-10,12H2,(H,22,23,26). The molecule has 1 aliphatic carbocycles. The highest BCUT2D eigenvalue weighted by Gasteiger charge is 2.17. The van der Waals surface area contributed by atoms with Gasteiger partial charge in [-0.15, -0.1) is 21.5 Å². The summed E-state index contributed by atoms with van der Waals surface area (Å²) in [6.07, 6.45) is 4.48. The van der Waals surface area contributed by atoms with Gasteiger partial charge in [-0.2, -0.15) is 0 Å². The first-order chi connectivity index (χ1) is 14.7. The number of nitrogens with zero attached hydrogens (tertiary/aromatic N) is 3. The number of hydrogen-bond acceptors (Lipinski definition) is 8. The average Bonchev–Trinajstić information content (AvgIpc) is 3.20. The summed E-state index contributed by atoms with van der Waals surface area (Å²) in [4.78, 5) is 18.1. The molecule has 1 N–H and O–H groups in total. The molecule has 7 nitrogen and oxygen atoms in total. The van der Waals surface area contributed by atoms with Gasteiger partial charge in [-0.3, -0.25) is 4.79 Å². The van der Waals surface area contributed by atoms with E-state index >= 15 is 0 Å². The molecule has 0 radical (unpaired) electrons. The first-order valence-corrected chi connectivity index (χ1v) is 11.7. The van der Waals surface area contributed by atoms with E-state index < -0.39 is 0 Å². The summed E-state index contributed by atoms with van der Waals surface area (Å²) in [5, 5.41) is 12.9. The third-order valence-electron chi connectivity index (χ3n) is 4.92. The number of thioether (sulfide) groups is 1. The molecule has 1 aromatic carbocycles. The summed E-state index contributed by atoms with van der Waals surface area (Å²) >= 11 is 2.95. The van der Waals surface area contributed by atoms with E-state index in [1.54, 1.807) is 11.3 Å². The Morgan fingerprint density at radius 2 is 1.93 bits per heavy atom. The van der Waals surface area contributed by atoms with Crippen molar-refractivity contribution < 1.29 is 14.3 Å². The predicted molar refractivity (Wildman–Crippen MR) is 117 cm³/mol. The van der Waals surface area contributed by atoms with Crippen LogP contribution in [0.15, 0.2) is 35.4 Å². The van der Waals surface area contributed by atoms with Crippen molar-refractivity contribution in [1.29, 1.82) is 0 Å². The van der Waals surface area contributed by atoms with Crippen molar-refractivity contribution >= 4 is 34.1 Å². The average molecular weight is 441 g/mol. The van der Waals surface area contributed by atoms with Gasteiger partial charge >= 0.3 is 0 Å². The lowest BCUT2D eigenvalue weighted by Crippen LogP contribution is -2.15. The summed E-state index contributed by atoms with van der Waals surface area (Å²) < 4.78 is 11.2. The second kappa shape index (κ2) is 8.61. The van der Waals surface area contributed by atoms with Crippen molar-refractivity contribution in [3.05, 3.63) is 40.9 Å². The maximum Gasteiger partial charge on any atom is 0.236 e. The number of nitrogens with one attached hydrogen (secondary N) is 1. The Morgan fingerprint density at radius 3 is 2.77 bits per heavy atom. The van der Waals surface area contributed by atoms with Gasteiger partial charge < -0.3 is 14.8 Å². The predicted octanol–water partition coefficient (Wildman–Crippen LogP) is 3.98. The molecule has 2 aliphatic rings. The molecular formula is C21H20N4O3S2. The van der Waals surface area contributed by atoms with Crippen molar-refractivity contribution in [2.24, 2.45) is 0 Å². The third kappa shape index (κ3) is 4.27. The highest BCUT2D eigenvalue weighted by atomic mass is 32.2. The monoisotopic (exact) mass is 440 g/mol. The molecule has 0 unspecified atom stereocenters. The zero-order chi connectivity index (χ0) is 20.3. The molecule has 3 heterocycles. The van der Waals surface area contributed by atoms with Crippen molar-refractivity contribution in [2.45, 2.75) is 30.7 Å². The van der Waals surface area contributed by atoms with E-state index in [1.165, 1.54) is 29.5 Å². The number of aryl methyl sites for hydroxylation is 2. The van der Waals surface area contributed by atoms with Gasteiger partial charge in [0.05, 0.1) is 17.1 Å². The number of anilines is 1. The van der Waals surface area contributed by atoms with Crippen LogP contribution in [-0.2, 0) is 17.6 Å². The minimum Gasteiger partial charge on any atom is -0.486 e. The molecule has 0 saturated heterocycles. The molecule has 154 valence electrons. The fraction of sp³-hybridized carbons (Fsp3) is 0.333. The Bertz CT molecular complexity index is 1050. The smallest absolute Gasteiger partial charge is 0.236 e. The highest BCUT2D eigenvalue weighted by molar-refractivity contribution is 7.99. The van der Waals surface area contributed by atoms with Crippen molar-refractivity contribution in [1.82, 2.24) is 15.2 Å². The van der Waals surface area contributed by atoms with Crippen LogP contribution in [0.5, 0.6) is 11.5 Å².